The van der Waals surface area contributed by atoms with Crippen molar-refractivity contribution in [3.8, 4) is 0 Å². The molecular weight excluding hydrogens is 544 g/mol. The Morgan fingerprint density at radius 2 is 0.905 bits per heavy atom. The van der Waals surface area contributed by atoms with Gasteiger partial charge in [0.2, 0.25) is 0 Å². The summed E-state index contributed by atoms with van der Waals surface area (Å²) in [5.41, 5.74) is 14.4. The Bertz CT molecular complexity index is 1570. The number of aliphatic imine (C=N–C) groups is 2. The molecule has 2 amide bonds. The SMILES string of the molecule is NC1=NC(=O)N=C(N)C12[C@H](C(=O)c1ccccc1)[C@@H](c1ccccc1)S[C@@H](c1ccccc1)[C@@H]2C(=O)c1ccccc1. The Kier molecular flexibility index (Phi) is 7.31. The lowest BCUT2D eigenvalue weighted by Gasteiger charge is -2.54. The lowest BCUT2D eigenvalue weighted by atomic mass is 9.56. The van der Waals surface area contributed by atoms with Crippen molar-refractivity contribution in [2.75, 3.05) is 0 Å². The van der Waals surface area contributed by atoms with E-state index in [0.717, 1.165) is 11.1 Å². The molecule has 0 radical (unpaired) electrons. The zero-order valence-corrected chi connectivity index (χ0v) is 23.4. The van der Waals surface area contributed by atoms with Gasteiger partial charge in [-0.1, -0.05) is 121 Å². The number of amidine groups is 2. The van der Waals surface area contributed by atoms with Crippen LogP contribution in [0.3, 0.4) is 0 Å². The third kappa shape index (κ3) is 4.54. The van der Waals surface area contributed by atoms with E-state index in [1.165, 1.54) is 11.8 Å². The molecule has 4 aromatic rings. The zero-order valence-electron chi connectivity index (χ0n) is 22.5. The highest BCUT2D eigenvalue weighted by Gasteiger charge is 2.66. The van der Waals surface area contributed by atoms with Gasteiger partial charge in [0.25, 0.3) is 0 Å². The zero-order chi connectivity index (χ0) is 29.3. The molecule has 4 atom stereocenters. The molecule has 2 heterocycles. The molecular formula is C34H28N4O3S. The first-order valence-electron chi connectivity index (χ1n) is 13.6. The molecule has 42 heavy (non-hydrogen) atoms. The largest absolute Gasteiger partial charge is 0.386 e. The fourth-order valence-electron chi connectivity index (χ4n) is 6.25. The smallest absolute Gasteiger partial charge is 0.370 e. The molecule has 7 nitrogen and oxygen atoms in total. The summed E-state index contributed by atoms with van der Waals surface area (Å²) in [5, 5.41) is -1.03. The van der Waals surface area contributed by atoms with Gasteiger partial charge in [0.15, 0.2) is 11.6 Å². The number of urea groups is 1. The number of carbonyl (C=O) groups excluding carboxylic acids is 3. The van der Waals surface area contributed by atoms with E-state index in [1.807, 2.05) is 72.8 Å². The van der Waals surface area contributed by atoms with Crippen molar-refractivity contribution in [3.63, 3.8) is 0 Å². The lowest BCUT2D eigenvalue weighted by molar-refractivity contribution is 0.0718. The quantitative estimate of drug-likeness (QED) is 0.271. The first-order valence-corrected chi connectivity index (χ1v) is 14.5. The number of Topliss-reactive ketones (excluding diaryl/α,β-unsaturated/α-hetero) is 2. The highest BCUT2D eigenvalue weighted by molar-refractivity contribution is 7.99. The van der Waals surface area contributed by atoms with Gasteiger partial charge < -0.3 is 11.5 Å². The second kappa shape index (κ2) is 11.2. The molecule has 0 unspecified atom stereocenters. The molecule has 0 aromatic heterocycles. The third-order valence-corrected chi connectivity index (χ3v) is 9.77. The summed E-state index contributed by atoms with van der Waals surface area (Å²) in [6, 6.07) is 36.1. The van der Waals surface area contributed by atoms with Gasteiger partial charge in [-0.25, -0.2) is 4.79 Å². The van der Waals surface area contributed by atoms with Crippen molar-refractivity contribution in [1.29, 1.82) is 0 Å². The van der Waals surface area contributed by atoms with Gasteiger partial charge in [-0.3, -0.25) is 9.59 Å². The van der Waals surface area contributed by atoms with Crippen LogP contribution >= 0.6 is 11.8 Å². The Morgan fingerprint density at radius 1 is 0.571 bits per heavy atom. The fourth-order valence-corrected chi connectivity index (χ4v) is 8.19. The van der Waals surface area contributed by atoms with Crippen molar-refractivity contribution >= 4 is 41.0 Å². The van der Waals surface area contributed by atoms with Crippen molar-refractivity contribution in [1.82, 2.24) is 0 Å². The van der Waals surface area contributed by atoms with Gasteiger partial charge in [0.1, 0.15) is 17.1 Å². The number of benzene rings is 4. The highest BCUT2D eigenvalue weighted by Crippen LogP contribution is 2.64. The number of amides is 2. The van der Waals surface area contributed by atoms with E-state index in [-0.39, 0.29) is 23.2 Å². The van der Waals surface area contributed by atoms with Gasteiger partial charge >= 0.3 is 6.03 Å². The van der Waals surface area contributed by atoms with Crippen molar-refractivity contribution in [2.24, 2.45) is 38.7 Å². The van der Waals surface area contributed by atoms with E-state index in [9.17, 15) is 14.4 Å². The number of hydrogen-bond acceptors (Lipinski definition) is 6. The molecule has 8 heteroatoms. The van der Waals surface area contributed by atoms with Crippen LogP contribution in [0.4, 0.5) is 4.79 Å². The summed E-state index contributed by atoms with van der Waals surface area (Å²) in [5.74, 6) is -2.90. The molecule has 0 saturated carbocycles. The van der Waals surface area contributed by atoms with Crippen LogP contribution in [0, 0.1) is 17.3 Å². The second-order valence-electron chi connectivity index (χ2n) is 10.4. The maximum absolute atomic E-state index is 14.7. The van der Waals surface area contributed by atoms with Crippen molar-refractivity contribution in [2.45, 2.75) is 10.5 Å². The number of nitrogens with two attached hydrogens (primary N) is 2. The van der Waals surface area contributed by atoms with E-state index >= 15 is 0 Å². The summed E-state index contributed by atoms with van der Waals surface area (Å²) in [7, 11) is 0. The molecule has 208 valence electrons. The normalized spacial score (nSPS) is 23.1. The Labute approximate surface area is 247 Å². The van der Waals surface area contributed by atoms with Crippen LogP contribution in [-0.4, -0.2) is 29.3 Å². The topological polar surface area (TPSA) is 128 Å². The molecule has 4 N–H and O–H groups in total. The van der Waals surface area contributed by atoms with E-state index in [2.05, 4.69) is 9.98 Å². The summed E-state index contributed by atoms with van der Waals surface area (Å²) < 4.78 is 0. The maximum atomic E-state index is 14.7. The predicted octanol–water partition coefficient (Wildman–Crippen LogP) is 6.05. The van der Waals surface area contributed by atoms with Gasteiger partial charge in [-0.2, -0.15) is 9.98 Å². The van der Waals surface area contributed by atoms with E-state index in [1.54, 1.807) is 48.5 Å². The Hall–Kier alpha value is -4.82. The van der Waals surface area contributed by atoms with Crippen LogP contribution < -0.4 is 11.5 Å². The fraction of sp³-hybridized carbons (Fsp3) is 0.147. The molecule has 1 spiro atoms. The molecule has 0 aliphatic carbocycles. The average Bonchev–Trinajstić information content (AvgIpc) is 3.04. The molecule has 6 rings (SSSR count). The average molecular weight is 573 g/mol. The first-order chi connectivity index (χ1) is 20.4. The molecule has 1 saturated heterocycles. The number of thioether (sulfide) groups is 1. The van der Waals surface area contributed by atoms with E-state index < -0.39 is 33.8 Å². The van der Waals surface area contributed by atoms with Gasteiger partial charge in [0, 0.05) is 21.6 Å². The minimum Gasteiger partial charge on any atom is -0.386 e. The number of rotatable bonds is 6. The van der Waals surface area contributed by atoms with Crippen molar-refractivity contribution in [3.05, 3.63) is 144 Å². The molecule has 4 aromatic carbocycles. The molecule has 2 aliphatic heterocycles. The molecule has 1 fully saturated rings. The standard InChI is InChI=1S/C34H28N4O3S/c35-31-34(32(36)38-33(41)37-31)25(27(39)21-13-5-1-6-14-21)29(23-17-9-3-10-18-23)42-30(24-19-11-4-12-20-24)26(34)28(40)22-15-7-2-8-16-22/h1-20,25-26,29-30H,(H4,35,36,37,38,41)/t25-,26+,29-,30+. The predicted molar refractivity (Wildman–Crippen MR) is 166 cm³/mol. The van der Waals surface area contributed by atoms with Gasteiger partial charge in [0.05, 0.1) is 11.8 Å². The van der Waals surface area contributed by atoms with Crippen LogP contribution in [0.15, 0.2) is 131 Å². The van der Waals surface area contributed by atoms with Crippen LogP contribution in [0.1, 0.15) is 42.3 Å². The van der Waals surface area contributed by atoms with E-state index in [4.69, 9.17) is 11.5 Å². The van der Waals surface area contributed by atoms with Crippen LogP contribution in [0.2, 0.25) is 0 Å². The molecule has 0 bridgehead atoms. The number of ketones is 2. The maximum Gasteiger partial charge on any atom is 0.370 e. The Morgan fingerprint density at radius 3 is 1.26 bits per heavy atom. The minimum absolute atomic E-state index is 0.175. The third-order valence-electron chi connectivity index (χ3n) is 8.10. The number of hydrogen-bond donors (Lipinski definition) is 2. The molecule has 2 aliphatic rings. The van der Waals surface area contributed by atoms with Crippen LogP contribution in [0.5, 0.6) is 0 Å². The first kappa shape index (κ1) is 27.4. The lowest BCUT2D eigenvalue weighted by Crippen LogP contribution is -2.65. The summed E-state index contributed by atoms with van der Waals surface area (Å²) in [6.45, 7) is 0. The summed E-state index contributed by atoms with van der Waals surface area (Å²) >= 11 is 1.52. The van der Waals surface area contributed by atoms with Crippen LogP contribution in [0.25, 0.3) is 0 Å². The van der Waals surface area contributed by atoms with E-state index in [0.29, 0.717) is 11.1 Å². The van der Waals surface area contributed by atoms with Crippen LogP contribution in [-0.2, 0) is 0 Å². The minimum atomic E-state index is -1.69. The monoisotopic (exact) mass is 572 g/mol. The summed E-state index contributed by atoms with van der Waals surface area (Å²) in [4.78, 5) is 50.3. The Balaban J connectivity index is 1.69. The van der Waals surface area contributed by atoms with Crippen molar-refractivity contribution < 1.29 is 14.4 Å². The number of nitrogens with zero attached hydrogens (tertiary/aromatic N) is 2. The van der Waals surface area contributed by atoms with Gasteiger partial charge in [-0.05, 0) is 11.1 Å². The summed E-state index contributed by atoms with van der Waals surface area (Å²) in [6.07, 6.45) is 0. The highest BCUT2D eigenvalue weighted by atomic mass is 32.2. The number of carbonyl (C=O) groups is 3. The second-order valence-corrected chi connectivity index (χ2v) is 11.6. The van der Waals surface area contributed by atoms with Gasteiger partial charge in [-0.15, -0.1) is 11.8 Å².